The summed E-state index contributed by atoms with van der Waals surface area (Å²) >= 11 is 3.06. The number of aliphatic carboxylic acids is 1. The van der Waals surface area contributed by atoms with E-state index in [1.807, 2.05) is 0 Å². The van der Waals surface area contributed by atoms with Crippen molar-refractivity contribution in [3.8, 4) is 11.5 Å². The maximum atomic E-state index is 13.4. The van der Waals surface area contributed by atoms with Crippen LogP contribution in [0.2, 0.25) is 0 Å². The monoisotopic (exact) mass is 609 g/mol. The number of carbonyl (C=O) groups is 5. The molecule has 5 rings (SSSR count). The summed E-state index contributed by atoms with van der Waals surface area (Å²) in [7, 11) is 0. The minimum Gasteiger partial charge on any atom is -0.508 e. The van der Waals surface area contributed by atoms with Crippen molar-refractivity contribution in [1.82, 2.24) is 4.90 Å². The molecule has 9 nitrogen and oxygen atoms in total. The number of phenolic OH excluding ortho intramolecular Hbond substituents is 1. The van der Waals surface area contributed by atoms with Gasteiger partial charge in [0.15, 0.2) is 11.6 Å². The molecule has 0 bridgehead atoms. The van der Waals surface area contributed by atoms with Gasteiger partial charge in [-0.2, -0.15) is 0 Å². The van der Waals surface area contributed by atoms with Crippen molar-refractivity contribution >= 4 is 45.3 Å². The number of carbonyl (C=O) groups excluding carboxylic acids is 4. The second kappa shape index (κ2) is 9.47. The Hall–Kier alpha value is -3.74. The number of ether oxygens (including phenoxy) is 1. The summed E-state index contributed by atoms with van der Waals surface area (Å²) in [4.78, 5) is 64.8. The SMILES string of the molecule is O=C(O)CCN1C(=O)C2CC=C3C(c4cc(OC(F)(F)F)ccc4O)C4=C(CC3C2C1=O)C(=O)C(Br)=CC4=O. The van der Waals surface area contributed by atoms with Crippen molar-refractivity contribution in [2.45, 2.75) is 31.5 Å². The van der Waals surface area contributed by atoms with E-state index in [9.17, 15) is 42.3 Å². The molecule has 1 aromatic rings. The number of Topliss-reactive ketones (excluding diaryl/α,β-unsaturated/α-hetero) is 1. The lowest BCUT2D eigenvalue weighted by Crippen LogP contribution is -2.39. The van der Waals surface area contributed by atoms with Gasteiger partial charge in [-0.25, -0.2) is 0 Å². The third-order valence-corrected chi connectivity index (χ3v) is 8.10. The maximum Gasteiger partial charge on any atom is 0.573 e. The van der Waals surface area contributed by atoms with Gasteiger partial charge in [-0.1, -0.05) is 11.6 Å². The van der Waals surface area contributed by atoms with Crippen LogP contribution in [0.3, 0.4) is 0 Å². The van der Waals surface area contributed by atoms with Crippen molar-refractivity contribution in [2.75, 3.05) is 6.54 Å². The van der Waals surface area contributed by atoms with E-state index in [0.717, 1.165) is 29.2 Å². The molecule has 3 aliphatic carbocycles. The number of rotatable bonds is 5. The number of ketones is 2. The van der Waals surface area contributed by atoms with Gasteiger partial charge in [0.05, 0.1) is 22.7 Å². The summed E-state index contributed by atoms with van der Waals surface area (Å²) in [5.74, 6) is -8.45. The predicted molar refractivity (Wildman–Crippen MR) is 128 cm³/mol. The van der Waals surface area contributed by atoms with Crippen LogP contribution in [-0.4, -0.2) is 57.4 Å². The van der Waals surface area contributed by atoms with Crippen LogP contribution in [0, 0.1) is 17.8 Å². The van der Waals surface area contributed by atoms with Crippen LogP contribution < -0.4 is 4.74 Å². The number of hydrogen-bond donors (Lipinski definition) is 2. The van der Waals surface area contributed by atoms with Crippen molar-refractivity contribution in [2.24, 2.45) is 17.8 Å². The number of likely N-dealkylation sites (tertiary alicyclic amines) is 1. The number of halogens is 4. The van der Waals surface area contributed by atoms with Crippen molar-refractivity contribution in [3.05, 3.63) is 57.1 Å². The van der Waals surface area contributed by atoms with E-state index in [4.69, 9.17) is 5.11 Å². The third kappa shape index (κ3) is 4.58. The van der Waals surface area contributed by atoms with Crippen LogP contribution in [0.4, 0.5) is 13.2 Å². The average molecular weight is 610 g/mol. The Kier molecular flexibility index (Phi) is 6.52. The molecule has 39 heavy (non-hydrogen) atoms. The first-order chi connectivity index (χ1) is 18.3. The highest BCUT2D eigenvalue weighted by Crippen LogP contribution is 2.56. The van der Waals surface area contributed by atoms with Gasteiger partial charge in [0, 0.05) is 35.2 Å². The first kappa shape index (κ1) is 26.9. The molecular formula is C26H19BrF3NO8. The number of imide groups is 1. The summed E-state index contributed by atoms with van der Waals surface area (Å²) in [6.07, 6.45) is -2.88. The van der Waals surface area contributed by atoms with Gasteiger partial charge in [0.1, 0.15) is 11.5 Å². The lowest BCUT2D eigenvalue weighted by atomic mass is 9.59. The molecular weight excluding hydrogens is 591 g/mol. The Morgan fingerprint density at radius 3 is 2.51 bits per heavy atom. The average Bonchev–Trinajstić information content (AvgIpc) is 3.09. The summed E-state index contributed by atoms with van der Waals surface area (Å²) in [6.45, 7) is -0.331. The zero-order valence-electron chi connectivity index (χ0n) is 19.8. The van der Waals surface area contributed by atoms with E-state index < -0.39 is 77.3 Å². The molecule has 4 aliphatic rings. The third-order valence-electron chi connectivity index (χ3n) is 7.52. The Morgan fingerprint density at radius 2 is 1.85 bits per heavy atom. The standard InChI is InChI=1S/C26H19BrF3NO8/c27-16-9-18(33)22-15(23(16)36)8-13-11(20(22)14-7-10(1-4-17(14)32)39-26(28,29)30)2-3-12-21(13)25(38)31(24(12)37)6-5-19(34)35/h1-2,4,7,9,12-13,20-21,32H,3,5-6,8H2,(H,34,35). The fraction of sp³-hybridized carbons (Fsp3) is 0.346. The first-order valence-corrected chi connectivity index (χ1v) is 12.6. The molecule has 1 heterocycles. The van der Waals surface area contributed by atoms with Gasteiger partial charge in [-0.3, -0.25) is 28.9 Å². The summed E-state index contributed by atoms with van der Waals surface area (Å²) in [5.41, 5.74) is 0.255. The molecule has 0 aromatic heterocycles. The van der Waals surface area contributed by atoms with E-state index in [2.05, 4.69) is 20.7 Å². The second-order valence-corrected chi connectivity index (χ2v) is 10.5. The number of hydrogen-bond acceptors (Lipinski definition) is 7. The fourth-order valence-electron chi connectivity index (χ4n) is 6.02. The smallest absolute Gasteiger partial charge is 0.508 e. The largest absolute Gasteiger partial charge is 0.573 e. The molecule has 4 unspecified atom stereocenters. The molecule has 2 amide bonds. The second-order valence-electron chi connectivity index (χ2n) is 9.63. The highest BCUT2D eigenvalue weighted by atomic mass is 79.9. The molecule has 13 heteroatoms. The van der Waals surface area contributed by atoms with E-state index in [1.165, 1.54) is 0 Å². The molecule has 0 saturated carbocycles. The summed E-state index contributed by atoms with van der Waals surface area (Å²) in [6, 6.07) is 2.81. The number of nitrogens with zero attached hydrogens (tertiary/aromatic N) is 1. The molecule has 1 aromatic carbocycles. The van der Waals surface area contributed by atoms with Crippen molar-refractivity contribution in [1.29, 1.82) is 0 Å². The van der Waals surface area contributed by atoms with Crippen LogP contribution in [0.1, 0.15) is 30.7 Å². The number of carboxylic acids is 1. The van der Waals surface area contributed by atoms with E-state index in [0.29, 0.717) is 5.57 Å². The van der Waals surface area contributed by atoms with Crippen molar-refractivity contribution < 1.29 is 52.1 Å². The molecule has 0 radical (unpaired) electrons. The highest BCUT2D eigenvalue weighted by molar-refractivity contribution is 9.12. The molecule has 4 atom stereocenters. The van der Waals surface area contributed by atoms with E-state index in [1.54, 1.807) is 6.08 Å². The number of fused-ring (bicyclic) bond motifs is 3. The Balaban J connectivity index is 1.64. The van der Waals surface area contributed by atoms with E-state index >= 15 is 0 Å². The quantitative estimate of drug-likeness (QED) is 0.294. The number of amides is 2. The van der Waals surface area contributed by atoms with Crippen LogP contribution in [-0.2, 0) is 24.0 Å². The predicted octanol–water partition coefficient (Wildman–Crippen LogP) is 3.53. The fourth-order valence-corrected chi connectivity index (χ4v) is 6.46. The minimum absolute atomic E-state index is 0.0213. The van der Waals surface area contributed by atoms with Crippen LogP contribution >= 0.6 is 15.9 Å². The Bertz CT molecular complexity index is 1440. The van der Waals surface area contributed by atoms with Crippen molar-refractivity contribution in [3.63, 3.8) is 0 Å². The van der Waals surface area contributed by atoms with E-state index in [-0.39, 0.29) is 40.6 Å². The van der Waals surface area contributed by atoms with Gasteiger partial charge in [-0.15, -0.1) is 13.2 Å². The van der Waals surface area contributed by atoms with Gasteiger partial charge < -0.3 is 14.9 Å². The van der Waals surface area contributed by atoms with Crippen LogP contribution in [0.25, 0.3) is 0 Å². The maximum absolute atomic E-state index is 13.4. The zero-order valence-corrected chi connectivity index (χ0v) is 21.4. The molecule has 2 N–H and O–H groups in total. The molecule has 1 fully saturated rings. The number of benzene rings is 1. The molecule has 0 spiro atoms. The number of phenols is 1. The van der Waals surface area contributed by atoms with Gasteiger partial charge >= 0.3 is 12.3 Å². The highest BCUT2D eigenvalue weighted by Gasteiger charge is 2.56. The zero-order chi connectivity index (χ0) is 28.4. The minimum atomic E-state index is -5.04. The summed E-state index contributed by atoms with van der Waals surface area (Å²) < 4.78 is 42.8. The number of aromatic hydroxyl groups is 1. The lowest BCUT2D eigenvalue weighted by Gasteiger charge is -2.42. The number of allylic oxidation sites excluding steroid dienone is 6. The molecule has 204 valence electrons. The number of alkyl halides is 3. The van der Waals surface area contributed by atoms with Crippen LogP contribution in [0.5, 0.6) is 11.5 Å². The topological polar surface area (TPSA) is 138 Å². The first-order valence-electron chi connectivity index (χ1n) is 11.8. The number of carboxylic acid groups (broad SMARTS) is 1. The normalized spacial score (nSPS) is 26.6. The molecule has 1 saturated heterocycles. The molecule has 1 aliphatic heterocycles. The van der Waals surface area contributed by atoms with Gasteiger partial charge in [0.2, 0.25) is 11.8 Å². The Morgan fingerprint density at radius 1 is 1.13 bits per heavy atom. The van der Waals surface area contributed by atoms with Gasteiger partial charge in [0.25, 0.3) is 0 Å². The van der Waals surface area contributed by atoms with Crippen LogP contribution in [0.15, 0.2) is 51.6 Å². The van der Waals surface area contributed by atoms with Gasteiger partial charge in [-0.05, 0) is 52.9 Å². The summed E-state index contributed by atoms with van der Waals surface area (Å²) in [5, 5.41) is 19.8. The lowest BCUT2D eigenvalue weighted by molar-refractivity contribution is -0.274. The Labute approximate surface area is 226 Å².